The first kappa shape index (κ1) is 13.7. The third-order valence-electron chi connectivity index (χ3n) is 3.83. The van der Waals surface area contributed by atoms with Crippen molar-refractivity contribution >= 4 is 11.3 Å². The fraction of sp³-hybridized carbons (Fsp3) is 0.375. The van der Waals surface area contributed by atoms with Gasteiger partial charge in [0.15, 0.2) is 0 Å². The third-order valence-corrected chi connectivity index (χ3v) is 4.90. The molecule has 1 fully saturated rings. The molecule has 1 saturated heterocycles. The van der Waals surface area contributed by atoms with Gasteiger partial charge in [0.1, 0.15) is 5.82 Å². The van der Waals surface area contributed by atoms with Crippen molar-refractivity contribution in [3.8, 4) is 0 Å². The van der Waals surface area contributed by atoms with E-state index in [1.807, 2.05) is 12.1 Å². The number of hydrogen-bond acceptors (Lipinski definition) is 3. The molecule has 1 atom stereocenters. The quantitative estimate of drug-likeness (QED) is 0.934. The molecule has 0 spiro atoms. The summed E-state index contributed by atoms with van der Waals surface area (Å²) in [6.45, 7) is 6.13. The maximum absolute atomic E-state index is 13.6. The topological polar surface area (TPSA) is 15.3 Å². The molecular formula is C16H19FN2S. The Morgan fingerprint density at radius 1 is 1.25 bits per heavy atom. The van der Waals surface area contributed by atoms with Crippen LogP contribution in [0.25, 0.3) is 0 Å². The molecule has 1 aliphatic rings. The van der Waals surface area contributed by atoms with Gasteiger partial charge in [0.05, 0.1) is 6.04 Å². The normalized spacial score (nSPS) is 18.1. The molecule has 0 amide bonds. The van der Waals surface area contributed by atoms with E-state index in [0.29, 0.717) is 0 Å². The molecule has 4 heteroatoms. The van der Waals surface area contributed by atoms with Gasteiger partial charge in [-0.3, -0.25) is 4.90 Å². The van der Waals surface area contributed by atoms with Crippen molar-refractivity contribution in [3.05, 3.63) is 57.5 Å². The number of rotatable bonds is 3. The molecule has 20 heavy (non-hydrogen) atoms. The minimum atomic E-state index is -0.156. The fourth-order valence-electron chi connectivity index (χ4n) is 2.81. The third kappa shape index (κ3) is 2.77. The molecule has 1 aromatic heterocycles. The van der Waals surface area contributed by atoms with Crippen molar-refractivity contribution in [1.29, 1.82) is 0 Å². The molecule has 3 rings (SSSR count). The van der Waals surface area contributed by atoms with E-state index in [1.165, 1.54) is 16.5 Å². The van der Waals surface area contributed by atoms with Crippen molar-refractivity contribution in [3.63, 3.8) is 0 Å². The number of piperazine rings is 1. The highest BCUT2D eigenvalue weighted by Crippen LogP contribution is 2.34. The van der Waals surface area contributed by atoms with Crippen LogP contribution in [0.3, 0.4) is 0 Å². The van der Waals surface area contributed by atoms with Gasteiger partial charge in [0.2, 0.25) is 0 Å². The Bertz CT molecular complexity index is 575. The van der Waals surface area contributed by atoms with E-state index in [2.05, 4.69) is 28.6 Å². The summed E-state index contributed by atoms with van der Waals surface area (Å²) < 4.78 is 13.6. The second kappa shape index (κ2) is 6.04. The molecule has 106 valence electrons. The van der Waals surface area contributed by atoms with Crippen LogP contribution in [0.4, 0.5) is 4.39 Å². The largest absolute Gasteiger partial charge is 0.314 e. The second-order valence-corrected chi connectivity index (χ2v) is 6.16. The summed E-state index contributed by atoms with van der Waals surface area (Å²) in [7, 11) is 0. The van der Waals surface area contributed by atoms with Crippen LogP contribution in [0.1, 0.15) is 22.0 Å². The summed E-state index contributed by atoms with van der Waals surface area (Å²) in [6.07, 6.45) is 0. The lowest BCUT2D eigenvalue weighted by atomic mass is 10.0. The first-order valence-corrected chi connectivity index (χ1v) is 7.88. The zero-order valence-electron chi connectivity index (χ0n) is 11.6. The Hall–Kier alpha value is -1.23. The summed E-state index contributed by atoms with van der Waals surface area (Å²) in [4.78, 5) is 3.78. The van der Waals surface area contributed by atoms with Gasteiger partial charge >= 0.3 is 0 Å². The van der Waals surface area contributed by atoms with Crippen LogP contribution in [-0.2, 0) is 0 Å². The predicted octanol–water partition coefficient (Wildman–Crippen LogP) is 3.19. The first-order valence-electron chi connectivity index (χ1n) is 7.00. The lowest BCUT2D eigenvalue weighted by Gasteiger charge is -2.35. The molecule has 1 aliphatic heterocycles. The highest BCUT2D eigenvalue weighted by molar-refractivity contribution is 7.10. The van der Waals surface area contributed by atoms with Gasteiger partial charge in [-0.05, 0) is 41.6 Å². The Balaban J connectivity index is 2.01. The van der Waals surface area contributed by atoms with E-state index in [1.54, 1.807) is 17.4 Å². The SMILES string of the molecule is Cc1ccsc1C(c1cccc(F)c1)N1CCNCC1. The Morgan fingerprint density at radius 3 is 2.70 bits per heavy atom. The number of nitrogens with one attached hydrogen (secondary N) is 1. The van der Waals surface area contributed by atoms with Gasteiger partial charge < -0.3 is 5.32 Å². The van der Waals surface area contributed by atoms with Gasteiger partial charge in [-0.2, -0.15) is 0 Å². The lowest BCUT2D eigenvalue weighted by Crippen LogP contribution is -2.45. The maximum Gasteiger partial charge on any atom is 0.123 e. The number of hydrogen-bond donors (Lipinski definition) is 1. The van der Waals surface area contributed by atoms with E-state index in [-0.39, 0.29) is 11.9 Å². The molecule has 2 aromatic rings. The smallest absolute Gasteiger partial charge is 0.123 e. The number of thiophene rings is 1. The number of nitrogens with zero attached hydrogens (tertiary/aromatic N) is 1. The highest BCUT2D eigenvalue weighted by Gasteiger charge is 2.26. The van der Waals surface area contributed by atoms with Crippen LogP contribution in [0.5, 0.6) is 0 Å². The number of benzene rings is 1. The molecule has 1 aromatic carbocycles. The van der Waals surface area contributed by atoms with Crippen LogP contribution in [0.2, 0.25) is 0 Å². The van der Waals surface area contributed by atoms with Crippen molar-refractivity contribution in [2.45, 2.75) is 13.0 Å². The van der Waals surface area contributed by atoms with Gasteiger partial charge in [-0.15, -0.1) is 11.3 Å². The maximum atomic E-state index is 13.6. The average Bonchev–Trinajstić information content (AvgIpc) is 2.87. The van der Waals surface area contributed by atoms with E-state index in [9.17, 15) is 4.39 Å². The number of halogens is 1. The van der Waals surface area contributed by atoms with Gasteiger partial charge in [-0.25, -0.2) is 4.39 Å². The van der Waals surface area contributed by atoms with E-state index >= 15 is 0 Å². The summed E-state index contributed by atoms with van der Waals surface area (Å²) in [6, 6.07) is 9.35. The summed E-state index contributed by atoms with van der Waals surface area (Å²) in [5.74, 6) is -0.156. The molecule has 0 radical (unpaired) electrons. The van der Waals surface area contributed by atoms with Crippen LogP contribution < -0.4 is 5.32 Å². The molecule has 1 unspecified atom stereocenters. The van der Waals surface area contributed by atoms with E-state index in [0.717, 1.165) is 31.7 Å². The van der Waals surface area contributed by atoms with E-state index in [4.69, 9.17) is 0 Å². The standard InChI is InChI=1S/C16H19FN2S/c1-12-5-10-20-16(12)15(19-8-6-18-7-9-19)13-3-2-4-14(17)11-13/h2-5,10-11,15,18H,6-9H2,1H3. The minimum Gasteiger partial charge on any atom is -0.314 e. The Kier molecular flexibility index (Phi) is 4.15. The summed E-state index contributed by atoms with van der Waals surface area (Å²) >= 11 is 1.77. The number of aryl methyl sites for hydroxylation is 1. The Labute approximate surface area is 123 Å². The van der Waals surface area contributed by atoms with Gasteiger partial charge in [-0.1, -0.05) is 12.1 Å². The van der Waals surface area contributed by atoms with Crippen molar-refractivity contribution in [1.82, 2.24) is 10.2 Å². The molecule has 0 bridgehead atoms. The van der Waals surface area contributed by atoms with Crippen LogP contribution in [-0.4, -0.2) is 31.1 Å². The first-order chi connectivity index (χ1) is 9.75. The Morgan fingerprint density at radius 2 is 2.05 bits per heavy atom. The zero-order valence-corrected chi connectivity index (χ0v) is 12.4. The molecular weight excluding hydrogens is 271 g/mol. The average molecular weight is 290 g/mol. The van der Waals surface area contributed by atoms with Gasteiger partial charge in [0.25, 0.3) is 0 Å². The lowest BCUT2D eigenvalue weighted by molar-refractivity contribution is 0.200. The second-order valence-electron chi connectivity index (χ2n) is 5.21. The molecule has 0 saturated carbocycles. The monoisotopic (exact) mass is 290 g/mol. The van der Waals surface area contributed by atoms with Crippen molar-refractivity contribution < 1.29 is 4.39 Å². The van der Waals surface area contributed by atoms with Crippen LogP contribution in [0, 0.1) is 12.7 Å². The summed E-state index contributed by atoms with van der Waals surface area (Å²) in [5, 5.41) is 5.50. The molecule has 2 nitrogen and oxygen atoms in total. The molecule has 1 N–H and O–H groups in total. The van der Waals surface area contributed by atoms with E-state index < -0.39 is 0 Å². The predicted molar refractivity (Wildman–Crippen MR) is 81.7 cm³/mol. The summed E-state index contributed by atoms with van der Waals surface area (Å²) in [5.41, 5.74) is 2.35. The van der Waals surface area contributed by atoms with Crippen molar-refractivity contribution in [2.75, 3.05) is 26.2 Å². The minimum absolute atomic E-state index is 0.156. The van der Waals surface area contributed by atoms with Crippen LogP contribution in [0.15, 0.2) is 35.7 Å². The fourth-order valence-corrected chi connectivity index (χ4v) is 3.90. The van der Waals surface area contributed by atoms with Crippen LogP contribution >= 0.6 is 11.3 Å². The van der Waals surface area contributed by atoms with Gasteiger partial charge in [0, 0.05) is 31.1 Å². The molecule has 2 heterocycles. The zero-order chi connectivity index (χ0) is 13.9. The van der Waals surface area contributed by atoms with Crippen molar-refractivity contribution in [2.24, 2.45) is 0 Å². The highest BCUT2D eigenvalue weighted by atomic mass is 32.1. The molecule has 0 aliphatic carbocycles.